The normalized spacial score (nSPS) is 12.7. The molecule has 0 amide bonds. The summed E-state index contributed by atoms with van der Waals surface area (Å²) in [6.07, 6.45) is 0. The Labute approximate surface area is 191 Å². The van der Waals surface area contributed by atoms with Gasteiger partial charge in [0.2, 0.25) is 5.78 Å². The zero-order chi connectivity index (χ0) is 22.3. The molecule has 0 N–H and O–H groups in total. The molecule has 4 nitrogen and oxygen atoms in total. The SMILES string of the molecule is CC(C)(C)n1c2ccccc2c2ccc3c(c21)n(-c1ccccc1)c1nc2ccccc2n31. The number of para-hydroxylation sites is 4. The van der Waals surface area contributed by atoms with E-state index in [-0.39, 0.29) is 5.54 Å². The Morgan fingerprint density at radius 2 is 1.30 bits per heavy atom. The number of nitrogens with zero attached hydrogens (tertiary/aromatic N) is 4. The van der Waals surface area contributed by atoms with E-state index in [0.717, 1.165) is 22.5 Å². The molecule has 7 rings (SSSR count). The summed E-state index contributed by atoms with van der Waals surface area (Å²) < 4.78 is 7.14. The smallest absolute Gasteiger partial charge is 0.220 e. The molecule has 0 spiro atoms. The lowest BCUT2D eigenvalue weighted by Crippen LogP contribution is -2.21. The maximum Gasteiger partial charge on any atom is 0.220 e. The van der Waals surface area contributed by atoms with E-state index in [1.165, 1.54) is 32.8 Å². The third-order valence-electron chi connectivity index (χ3n) is 6.68. The monoisotopic (exact) mass is 428 g/mol. The van der Waals surface area contributed by atoms with Crippen molar-refractivity contribution in [1.29, 1.82) is 0 Å². The first-order chi connectivity index (χ1) is 16.0. The molecular formula is C29H24N4. The Hall–Kier alpha value is -4.05. The van der Waals surface area contributed by atoms with Gasteiger partial charge in [0, 0.05) is 27.5 Å². The van der Waals surface area contributed by atoms with Crippen LogP contribution in [0, 0.1) is 0 Å². The average Bonchev–Trinajstić information content (AvgIpc) is 3.45. The zero-order valence-electron chi connectivity index (χ0n) is 18.9. The van der Waals surface area contributed by atoms with Crippen molar-refractivity contribution in [2.45, 2.75) is 26.3 Å². The molecule has 0 saturated carbocycles. The van der Waals surface area contributed by atoms with E-state index < -0.39 is 0 Å². The highest BCUT2D eigenvalue weighted by Crippen LogP contribution is 2.40. The summed E-state index contributed by atoms with van der Waals surface area (Å²) in [4.78, 5) is 5.10. The van der Waals surface area contributed by atoms with Crippen LogP contribution in [0.2, 0.25) is 0 Å². The van der Waals surface area contributed by atoms with Crippen LogP contribution in [0.25, 0.3) is 55.3 Å². The largest absolute Gasteiger partial charge is 0.333 e. The Morgan fingerprint density at radius 3 is 2.09 bits per heavy atom. The Kier molecular flexibility index (Phi) is 3.51. The van der Waals surface area contributed by atoms with Crippen LogP contribution < -0.4 is 0 Å². The maximum atomic E-state index is 5.10. The van der Waals surface area contributed by atoms with Crippen molar-refractivity contribution in [3.8, 4) is 5.69 Å². The number of rotatable bonds is 1. The van der Waals surface area contributed by atoms with Gasteiger partial charge < -0.3 is 4.57 Å². The summed E-state index contributed by atoms with van der Waals surface area (Å²) in [5, 5.41) is 2.56. The third-order valence-corrected chi connectivity index (χ3v) is 6.68. The first-order valence-corrected chi connectivity index (χ1v) is 11.4. The van der Waals surface area contributed by atoms with Crippen LogP contribution in [-0.4, -0.2) is 18.5 Å². The van der Waals surface area contributed by atoms with E-state index in [1.54, 1.807) is 0 Å². The summed E-state index contributed by atoms with van der Waals surface area (Å²) in [6.45, 7) is 6.86. The van der Waals surface area contributed by atoms with E-state index >= 15 is 0 Å². The Bertz CT molecular complexity index is 1840. The second kappa shape index (κ2) is 6.26. The minimum atomic E-state index is -0.0917. The van der Waals surface area contributed by atoms with E-state index in [9.17, 15) is 0 Å². The van der Waals surface area contributed by atoms with Crippen molar-refractivity contribution in [3.05, 3.63) is 91.0 Å². The fourth-order valence-corrected chi connectivity index (χ4v) is 5.45. The Morgan fingerprint density at radius 1 is 0.606 bits per heavy atom. The lowest BCUT2D eigenvalue weighted by molar-refractivity contribution is 0.424. The Balaban J connectivity index is 1.83. The van der Waals surface area contributed by atoms with Crippen LogP contribution in [0.5, 0.6) is 0 Å². The van der Waals surface area contributed by atoms with Gasteiger partial charge in [-0.2, -0.15) is 0 Å². The van der Waals surface area contributed by atoms with Crippen LogP contribution in [0.15, 0.2) is 91.0 Å². The minimum Gasteiger partial charge on any atom is -0.333 e. The third kappa shape index (κ3) is 2.38. The van der Waals surface area contributed by atoms with Gasteiger partial charge in [0.1, 0.15) is 0 Å². The minimum absolute atomic E-state index is 0.0917. The number of imidazole rings is 2. The van der Waals surface area contributed by atoms with Crippen molar-refractivity contribution >= 4 is 49.7 Å². The predicted octanol–water partition coefficient (Wildman–Crippen LogP) is 7.29. The van der Waals surface area contributed by atoms with Crippen LogP contribution in [0.4, 0.5) is 0 Å². The van der Waals surface area contributed by atoms with Crippen molar-refractivity contribution in [1.82, 2.24) is 18.5 Å². The topological polar surface area (TPSA) is 27.2 Å². The molecule has 7 aromatic rings. The molecule has 0 unspecified atom stereocenters. The molecule has 3 heterocycles. The maximum absolute atomic E-state index is 5.10. The molecule has 0 saturated heterocycles. The van der Waals surface area contributed by atoms with Crippen molar-refractivity contribution in [2.75, 3.05) is 0 Å². The number of hydrogen-bond donors (Lipinski definition) is 0. The molecule has 33 heavy (non-hydrogen) atoms. The van der Waals surface area contributed by atoms with E-state index in [4.69, 9.17) is 4.98 Å². The molecule has 4 aromatic carbocycles. The molecule has 0 fully saturated rings. The van der Waals surface area contributed by atoms with Gasteiger partial charge in [0.15, 0.2) is 0 Å². The predicted molar refractivity (Wildman–Crippen MR) is 138 cm³/mol. The summed E-state index contributed by atoms with van der Waals surface area (Å²) in [7, 11) is 0. The van der Waals surface area contributed by atoms with Gasteiger partial charge in [-0.3, -0.25) is 8.97 Å². The van der Waals surface area contributed by atoms with Gasteiger partial charge in [0.05, 0.1) is 27.6 Å². The zero-order valence-corrected chi connectivity index (χ0v) is 18.9. The van der Waals surface area contributed by atoms with Gasteiger partial charge >= 0.3 is 0 Å². The standard InChI is InChI=1S/C29H24N4/c1-29(2,3)33-23-15-9-7-13-20(23)21-17-18-25-27(26(21)33)31(19-11-5-4-6-12-19)28-30-22-14-8-10-16-24(22)32(25)28/h4-18H,1-3H3. The summed E-state index contributed by atoms with van der Waals surface area (Å²) in [6, 6.07) is 32.3. The van der Waals surface area contributed by atoms with E-state index in [1.807, 2.05) is 0 Å². The lowest BCUT2D eigenvalue weighted by atomic mass is 10.1. The number of hydrogen-bond acceptors (Lipinski definition) is 1. The molecule has 160 valence electrons. The van der Waals surface area contributed by atoms with Crippen LogP contribution >= 0.6 is 0 Å². The molecule has 0 atom stereocenters. The second-order valence-electron chi connectivity index (χ2n) is 9.76. The van der Waals surface area contributed by atoms with Crippen LogP contribution in [-0.2, 0) is 5.54 Å². The fourth-order valence-electron chi connectivity index (χ4n) is 5.45. The molecular weight excluding hydrogens is 404 g/mol. The molecule has 0 aliphatic rings. The van der Waals surface area contributed by atoms with Gasteiger partial charge in [-0.25, -0.2) is 4.98 Å². The molecule has 0 aliphatic carbocycles. The van der Waals surface area contributed by atoms with Gasteiger partial charge in [0.25, 0.3) is 0 Å². The van der Waals surface area contributed by atoms with Crippen molar-refractivity contribution < 1.29 is 0 Å². The number of fused-ring (bicyclic) bond motifs is 9. The number of benzene rings is 4. The summed E-state index contributed by atoms with van der Waals surface area (Å²) >= 11 is 0. The number of aromatic nitrogens is 4. The van der Waals surface area contributed by atoms with Crippen molar-refractivity contribution in [3.63, 3.8) is 0 Å². The highest BCUT2D eigenvalue weighted by atomic mass is 15.2. The summed E-state index contributed by atoms with van der Waals surface area (Å²) in [5.41, 5.74) is 8.04. The van der Waals surface area contributed by atoms with Crippen LogP contribution in [0.3, 0.4) is 0 Å². The average molecular weight is 429 g/mol. The quantitative estimate of drug-likeness (QED) is 0.270. The molecule has 3 aromatic heterocycles. The van der Waals surface area contributed by atoms with E-state index in [0.29, 0.717) is 0 Å². The fraction of sp³-hybridized carbons (Fsp3) is 0.138. The first kappa shape index (κ1) is 18.5. The van der Waals surface area contributed by atoms with Crippen LogP contribution in [0.1, 0.15) is 20.8 Å². The van der Waals surface area contributed by atoms with Gasteiger partial charge in [-0.15, -0.1) is 0 Å². The van der Waals surface area contributed by atoms with Crippen molar-refractivity contribution in [2.24, 2.45) is 0 Å². The van der Waals surface area contributed by atoms with Gasteiger partial charge in [-0.1, -0.05) is 48.5 Å². The molecule has 4 heteroatoms. The van der Waals surface area contributed by atoms with Gasteiger partial charge in [-0.05, 0) is 63.2 Å². The lowest BCUT2D eigenvalue weighted by Gasteiger charge is -2.24. The highest BCUT2D eigenvalue weighted by molar-refractivity contribution is 6.18. The summed E-state index contributed by atoms with van der Waals surface area (Å²) in [5.74, 6) is 0.940. The highest BCUT2D eigenvalue weighted by Gasteiger charge is 2.26. The molecule has 0 radical (unpaired) electrons. The molecule has 0 bridgehead atoms. The first-order valence-electron chi connectivity index (χ1n) is 11.4. The second-order valence-corrected chi connectivity index (χ2v) is 9.76. The molecule has 0 aliphatic heterocycles. The van der Waals surface area contributed by atoms with E-state index in [2.05, 4.69) is 125 Å².